The van der Waals surface area contributed by atoms with E-state index in [1.807, 2.05) is 16.7 Å². The molecule has 0 spiro atoms. The van der Waals surface area contributed by atoms with Gasteiger partial charge in [0.1, 0.15) is 5.82 Å². The van der Waals surface area contributed by atoms with Gasteiger partial charge in [-0.1, -0.05) is 11.6 Å². The maximum absolute atomic E-state index is 12.3. The lowest BCUT2D eigenvalue weighted by molar-refractivity contribution is -0.143. The quantitative estimate of drug-likeness (QED) is 0.913. The largest absolute Gasteiger partial charge is 0.337 e. The van der Waals surface area contributed by atoms with E-state index >= 15 is 0 Å². The van der Waals surface area contributed by atoms with Gasteiger partial charge in [-0.2, -0.15) is 0 Å². The highest BCUT2D eigenvalue weighted by molar-refractivity contribution is 6.30. The first kappa shape index (κ1) is 15.2. The van der Waals surface area contributed by atoms with Crippen LogP contribution < -0.4 is 5.32 Å². The van der Waals surface area contributed by atoms with Crippen LogP contribution in [0.3, 0.4) is 0 Å². The molecule has 1 aromatic rings. The summed E-state index contributed by atoms with van der Waals surface area (Å²) in [6.45, 7) is 3.67. The number of pyridine rings is 1. The van der Waals surface area contributed by atoms with Gasteiger partial charge in [0, 0.05) is 25.3 Å². The van der Waals surface area contributed by atoms with Crippen molar-refractivity contribution in [3.05, 3.63) is 23.4 Å². The van der Waals surface area contributed by atoms with Crippen molar-refractivity contribution >= 4 is 29.2 Å². The Hall–Kier alpha value is -1.66. The number of hydrogen-bond donors (Lipinski definition) is 1. The van der Waals surface area contributed by atoms with Crippen molar-refractivity contribution in [1.29, 1.82) is 0 Å². The van der Waals surface area contributed by atoms with E-state index in [0.29, 0.717) is 10.8 Å². The zero-order chi connectivity index (χ0) is 15.7. The monoisotopic (exact) mass is 322 g/mol. The Labute approximate surface area is 134 Å². The minimum absolute atomic E-state index is 0.131. The average Bonchev–Trinajstić information content (AvgIpc) is 2.95. The van der Waals surface area contributed by atoms with Crippen LogP contribution in [0.15, 0.2) is 18.3 Å². The maximum Gasteiger partial charge on any atom is 0.239 e. The van der Waals surface area contributed by atoms with E-state index < -0.39 is 0 Å². The number of anilines is 1. The van der Waals surface area contributed by atoms with Gasteiger partial charge in [-0.15, -0.1) is 0 Å². The molecule has 0 bridgehead atoms. The first-order chi connectivity index (χ1) is 10.5. The SMILES string of the molecule is C[C@@H]1C(=O)N2CCC[C@@H]2CN1CC(=O)Nc1ccc(Cl)cn1. The van der Waals surface area contributed by atoms with Crippen molar-refractivity contribution in [2.24, 2.45) is 0 Å². The van der Waals surface area contributed by atoms with Crippen molar-refractivity contribution in [1.82, 2.24) is 14.8 Å². The fourth-order valence-corrected chi connectivity index (χ4v) is 3.27. The highest BCUT2D eigenvalue weighted by Gasteiger charge is 2.40. The van der Waals surface area contributed by atoms with Gasteiger partial charge in [0.05, 0.1) is 17.6 Å². The molecule has 2 fully saturated rings. The van der Waals surface area contributed by atoms with E-state index in [1.54, 1.807) is 12.1 Å². The molecule has 1 aromatic heterocycles. The molecular formula is C15H19ClN4O2. The molecular weight excluding hydrogens is 304 g/mol. The number of aromatic nitrogens is 1. The van der Waals surface area contributed by atoms with Gasteiger partial charge in [0.15, 0.2) is 0 Å². The molecule has 6 nitrogen and oxygen atoms in total. The highest BCUT2D eigenvalue weighted by atomic mass is 35.5. The Bertz CT molecular complexity index is 577. The number of carbonyl (C=O) groups is 2. The van der Waals surface area contributed by atoms with Crippen LogP contribution in [0, 0.1) is 0 Å². The van der Waals surface area contributed by atoms with Crippen LogP contribution in [0.25, 0.3) is 0 Å². The molecule has 0 saturated carbocycles. The minimum atomic E-state index is -0.252. The van der Waals surface area contributed by atoms with E-state index in [2.05, 4.69) is 10.3 Å². The molecule has 3 rings (SSSR count). The van der Waals surface area contributed by atoms with Crippen LogP contribution in [-0.4, -0.2) is 58.3 Å². The zero-order valence-corrected chi connectivity index (χ0v) is 13.2. The summed E-state index contributed by atoms with van der Waals surface area (Å²) >= 11 is 5.77. The van der Waals surface area contributed by atoms with Crippen LogP contribution in [0.5, 0.6) is 0 Å². The molecule has 2 amide bonds. The second-order valence-corrected chi connectivity index (χ2v) is 6.28. The Morgan fingerprint density at radius 2 is 2.32 bits per heavy atom. The van der Waals surface area contributed by atoms with Crippen LogP contribution >= 0.6 is 11.6 Å². The number of fused-ring (bicyclic) bond motifs is 1. The molecule has 2 saturated heterocycles. The molecule has 0 aromatic carbocycles. The Kier molecular flexibility index (Phi) is 4.31. The molecule has 118 valence electrons. The Balaban J connectivity index is 1.61. The van der Waals surface area contributed by atoms with E-state index in [9.17, 15) is 9.59 Å². The van der Waals surface area contributed by atoms with Crippen LogP contribution in [0.4, 0.5) is 5.82 Å². The fourth-order valence-electron chi connectivity index (χ4n) is 3.16. The minimum Gasteiger partial charge on any atom is -0.337 e. The third-order valence-corrected chi connectivity index (χ3v) is 4.58. The van der Waals surface area contributed by atoms with Gasteiger partial charge in [-0.25, -0.2) is 4.98 Å². The normalized spacial score (nSPS) is 25.2. The molecule has 0 aliphatic carbocycles. The number of nitrogens with zero attached hydrogens (tertiary/aromatic N) is 3. The lowest BCUT2D eigenvalue weighted by atomic mass is 10.1. The first-order valence-corrected chi connectivity index (χ1v) is 7.88. The maximum atomic E-state index is 12.3. The van der Waals surface area contributed by atoms with Crippen molar-refractivity contribution in [3.63, 3.8) is 0 Å². The van der Waals surface area contributed by atoms with Crippen LogP contribution in [0.1, 0.15) is 19.8 Å². The zero-order valence-electron chi connectivity index (χ0n) is 12.5. The van der Waals surface area contributed by atoms with Gasteiger partial charge in [-0.05, 0) is 31.9 Å². The summed E-state index contributed by atoms with van der Waals surface area (Å²) in [7, 11) is 0. The number of hydrogen-bond acceptors (Lipinski definition) is 4. The standard InChI is InChI=1S/C15H19ClN4O2/c1-10-15(22)20-6-2-3-12(20)8-19(10)9-14(21)18-13-5-4-11(16)7-17-13/h4-5,7,10,12H,2-3,6,8-9H2,1H3,(H,17,18,21)/t10-,12-/m1/s1. The number of nitrogens with one attached hydrogen (secondary N) is 1. The van der Waals surface area contributed by atoms with Crippen molar-refractivity contribution in [2.75, 3.05) is 25.0 Å². The lowest BCUT2D eigenvalue weighted by Crippen LogP contribution is -2.59. The number of rotatable bonds is 3. The molecule has 3 heterocycles. The molecule has 0 unspecified atom stereocenters. The lowest BCUT2D eigenvalue weighted by Gasteiger charge is -2.41. The van der Waals surface area contributed by atoms with Crippen molar-refractivity contribution in [3.8, 4) is 0 Å². The predicted molar refractivity (Wildman–Crippen MR) is 83.6 cm³/mol. The summed E-state index contributed by atoms with van der Waals surface area (Å²) < 4.78 is 0. The number of amides is 2. The van der Waals surface area contributed by atoms with E-state index in [-0.39, 0.29) is 30.4 Å². The second kappa shape index (κ2) is 6.22. The molecule has 0 radical (unpaired) electrons. The highest BCUT2D eigenvalue weighted by Crippen LogP contribution is 2.25. The topological polar surface area (TPSA) is 65.5 Å². The predicted octanol–water partition coefficient (Wildman–Crippen LogP) is 1.37. The van der Waals surface area contributed by atoms with Gasteiger partial charge in [0.2, 0.25) is 11.8 Å². The second-order valence-electron chi connectivity index (χ2n) is 5.84. The summed E-state index contributed by atoms with van der Waals surface area (Å²) in [5.41, 5.74) is 0. The Morgan fingerprint density at radius 1 is 1.50 bits per heavy atom. The molecule has 7 heteroatoms. The number of halogens is 1. The summed E-state index contributed by atoms with van der Waals surface area (Å²) in [6, 6.07) is 3.33. The molecule has 1 N–H and O–H groups in total. The van der Waals surface area contributed by atoms with E-state index in [0.717, 1.165) is 25.9 Å². The van der Waals surface area contributed by atoms with Crippen molar-refractivity contribution in [2.45, 2.75) is 31.8 Å². The van der Waals surface area contributed by atoms with E-state index in [4.69, 9.17) is 11.6 Å². The molecule has 2 aliphatic rings. The third kappa shape index (κ3) is 3.08. The van der Waals surface area contributed by atoms with Gasteiger partial charge in [0.25, 0.3) is 0 Å². The first-order valence-electron chi connectivity index (χ1n) is 7.50. The van der Waals surface area contributed by atoms with E-state index in [1.165, 1.54) is 6.20 Å². The summed E-state index contributed by atoms with van der Waals surface area (Å²) in [5.74, 6) is 0.431. The van der Waals surface area contributed by atoms with Crippen molar-refractivity contribution < 1.29 is 9.59 Å². The molecule has 2 aliphatic heterocycles. The van der Waals surface area contributed by atoms with Gasteiger partial charge < -0.3 is 10.2 Å². The van der Waals surface area contributed by atoms with Crippen LogP contribution in [0.2, 0.25) is 5.02 Å². The van der Waals surface area contributed by atoms with Crippen LogP contribution in [-0.2, 0) is 9.59 Å². The smallest absolute Gasteiger partial charge is 0.239 e. The fraction of sp³-hybridized carbons (Fsp3) is 0.533. The summed E-state index contributed by atoms with van der Waals surface area (Å²) in [4.78, 5) is 32.4. The number of carbonyl (C=O) groups excluding carboxylic acids is 2. The van der Waals surface area contributed by atoms with Gasteiger partial charge in [-0.3, -0.25) is 14.5 Å². The molecule has 22 heavy (non-hydrogen) atoms. The number of piperazine rings is 1. The summed E-state index contributed by atoms with van der Waals surface area (Å²) in [6.07, 6.45) is 3.56. The summed E-state index contributed by atoms with van der Waals surface area (Å²) in [5, 5.41) is 3.26. The average molecular weight is 323 g/mol. The Morgan fingerprint density at radius 3 is 3.05 bits per heavy atom. The molecule has 2 atom stereocenters. The van der Waals surface area contributed by atoms with Gasteiger partial charge >= 0.3 is 0 Å². The third-order valence-electron chi connectivity index (χ3n) is 4.35.